The van der Waals surface area contributed by atoms with Crippen LogP contribution in [0.4, 0.5) is 0 Å². The first-order valence-corrected chi connectivity index (χ1v) is 6.89. The van der Waals surface area contributed by atoms with Crippen molar-refractivity contribution in [3.8, 4) is 5.75 Å². The highest BCUT2D eigenvalue weighted by Crippen LogP contribution is 2.21. The average Bonchev–Trinajstić information content (AvgIpc) is 2.35. The normalized spacial score (nSPS) is 10.4. The van der Waals surface area contributed by atoms with Crippen molar-refractivity contribution in [1.82, 2.24) is 0 Å². The first-order chi connectivity index (χ1) is 8.65. The Morgan fingerprint density at radius 2 is 1.89 bits per heavy atom. The predicted molar refractivity (Wildman–Crippen MR) is 75.4 cm³/mol. The van der Waals surface area contributed by atoms with E-state index < -0.39 is 0 Å². The number of unbranched alkanes of at least 4 members (excludes halogenated alkanes) is 4. The summed E-state index contributed by atoms with van der Waals surface area (Å²) >= 11 is 0. The van der Waals surface area contributed by atoms with Crippen LogP contribution in [0.5, 0.6) is 5.75 Å². The number of aryl methyl sites for hydroxylation is 1. The van der Waals surface area contributed by atoms with Crippen molar-refractivity contribution < 1.29 is 9.53 Å². The van der Waals surface area contributed by atoms with Gasteiger partial charge in [0, 0.05) is 0 Å². The maximum absolute atomic E-state index is 11.5. The Morgan fingerprint density at radius 1 is 1.17 bits per heavy atom. The fourth-order valence-corrected chi connectivity index (χ4v) is 1.93. The van der Waals surface area contributed by atoms with Gasteiger partial charge in [0.2, 0.25) is 0 Å². The van der Waals surface area contributed by atoms with Gasteiger partial charge in [-0.25, -0.2) is 0 Å². The van der Waals surface area contributed by atoms with Gasteiger partial charge in [0.15, 0.2) is 5.78 Å². The molecule has 0 saturated carbocycles. The molecule has 0 saturated heterocycles. The van der Waals surface area contributed by atoms with E-state index in [2.05, 4.69) is 6.92 Å². The van der Waals surface area contributed by atoms with Crippen molar-refractivity contribution in [2.75, 3.05) is 6.61 Å². The molecule has 1 aromatic carbocycles. The quantitative estimate of drug-likeness (QED) is 0.498. The summed E-state index contributed by atoms with van der Waals surface area (Å²) in [7, 11) is 0. The Labute approximate surface area is 110 Å². The molecule has 0 spiro atoms. The topological polar surface area (TPSA) is 26.3 Å². The lowest BCUT2D eigenvalue weighted by molar-refractivity contribution is 0.101. The number of hydrogen-bond donors (Lipinski definition) is 0. The molecule has 18 heavy (non-hydrogen) atoms. The van der Waals surface area contributed by atoms with Gasteiger partial charge >= 0.3 is 0 Å². The zero-order valence-corrected chi connectivity index (χ0v) is 11.8. The zero-order chi connectivity index (χ0) is 13.4. The van der Waals surface area contributed by atoms with Gasteiger partial charge in [0.05, 0.1) is 12.2 Å². The summed E-state index contributed by atoms with van der Waals surface area (Å²) in [4.78, 5) is 11.5. The molecule has 100 valence electrons. The molecule has 2 nitrogen and oxygen atoms in total. The Bertz CT molecular complexity index is 383. The molecule has 0 N–H and O–H groups in total. The van der Waals surface area contributed by atoms with Crippen LogP contribution in [-0.4, -0.2) is 12.4 Å². The van der Waals surface area contributed by atoms with Crippen LogP contribution in [-0.2, 0) is 0 Å². The van der Waals surface area contributed by atoms with Crippen molar-refractivity contribution in [2.45, 2.75) is 52.9 Å². The molecule has 0 radical (unpaired) electrons. The summed E-state index contributed by atoms with van der Waals surface area (Å²) in [5, 5.41) is 0. The summed E-state index contributed by atoms with van der Waals surface area (Å²) in [6.45, 7) is 6.48. The number of hydrogen-bond acceptors (Lipinski definition) is 2. The van der Waals surface area contributed by atoms with Crippen LogP contribution in [0.15, 0.2) is 18.2 Å². The average molecular weight is 248 g/mol. The number of Topliss-reactive ketones (excluding diaryl/α,β-unsaturated/α-hetero) is 1. The monoisotopic (exact) mass is 248 g/mol. The Morgan fingerprint density at radius 3 is 2.56 bits per heavy atom. The number of rotatable bonds is 8. The van der Waals surface area contributed by atoms with Crippen LogP contribution in [0.1, 0.15) is 61.9 Å². The van der Waals surface area contributed by atoms with Gasteiger partial charge in [-0.1, -0.05) is 44.2 Å². The van der Waals surface area contributed by atoms with Gasteiger partial charge in [-0.2, -0.15) is 0 Å². The highest BCUT2D eigenvalue weighted by Gasteiger charge is 2.08. The molecule has 2 heteroatoms. The first-order valence-electron chi connectivity index (χ1n) is 6.89. The molecule has 0 aliphatic carbocycles. The summed E-state index contributed by atoms with van der Waals surface area (Å²) in [5.41, 5.74) is 1.79. The number of ketones is 1. The maximum atomic E-state index is 11.5. The van der Waals surface area contributed by atoms with E-state index in [9.17, 15) is 4.79 Å². The summed E-state index contributed by atoms with van der Waals surface area (Å²) in [6, 6.07) is 5.78. The van der Waals surface area contributed by atoms with Crippen molar-refractivity contribution >= 4 is 5.78 Å². The SMILES string of the molecule is CCCCCCCOc1ccc(C)cc1C(C)=O. The highest BCUT2D eigenvalue weighted by molar-refractivity contribution is 5.97. The minimum absolute atomic E-state index is 0.0692. The lowest BCUT2D eigenvalue weighted by Crippen LogP contribution is -2.03. The van der Waals surface area contributed by atoms with Gasteiger partial charge in [0.25, 0.3) is 0 Å². The third-order valence-electron chi connectivity index (χ3n) is 3.02. The molecule has 0 amide bonds. The van der Waals surface area contributed by atoms with E-state index in [1.807, 2.05) is 25.1 Å². The second kappa shape index (κ2) is 7.91. The zero-order valence-electron chi connectivity index (χ0n) is 11.8. The largest absolute Gasteiger partial charge is 0.493 e. The number of ether oxygens (including phenoxy) is 1. The number of carbonyl (C=O) groups excluding carboxylic acids is 1. The number of benzene rings is 1. The summed E-state index contributed by atoms with van der Waals surface area (Å²) in [5.74, 6) is 0.795. The van der Waals surface area contributed by atoms with Crippen LogP contribution in [0, 0.1) is 6.92 Å². The fourth-order valence-electron chi connectivity index (χ4n) is 1.93. The molecular weight excluding hydrogens is 224 g/mol. The molecule has 0 heterocycles. The molecule has 0 aromatic heterocycles. The standard InChI is InChI=1S/C16H24O2/c1-4-5-6-7-8-11-18-16-10-9-13(2)12-15(16)14(3)17/h9-10,12H,4-8,11H2,1-3H3. The van der Waals surface area contributed by atoms with Crippen LogP contribution in [0.25, 0.3) is 0 Å². The van der Waals surface area contributed by atoms with Gasteiger partial charge in [-0.15, -0.1) is 0 Å². The third kappa shape index (κ3) is 4.91. The van der Waals surface area contributed by atoms with Crippen LogP contribution in [0.3, 0.4) is 0 Å². The summed E-state index contributed by atoms with van der Waals surface area (Å²) < 4.78 is 5.71. The molecule has 0 bridgehead atoms. The molecule has 0 atom stereocenters. The molecular formula is C16H24O2. The van der Waals surface area contributed by atoms with Crippen molar-refractivity contribution in [2.24, 2.45) is 0 Å². The minimum Gasteiger partial charge on any atom is -0.493 e. The Hall–Kier alpha value is -1.31. The van der Waals surface area contributed by atoms with Gasteiger partial charge < -0.3 is 4.74 Å². The van der Waals surface area contributed by atoms with E-state index in [0.717, 1.165) is 17.7 Å². The van der Waals surface area contributed by atoms with Crippen molar-refractivity contribution in [3.05, 3.63) is 29.3 Å². The smallest absolute Gasteiger partial charge is 0.163 e. The first kappa shape index (κ1) is 14.7. The molecule has 0 aliphatic heterocycles. The van der Waals surface area contributed by atoms with Crippen LogP contribution < -0.4 is 4.74 Å². The third-order valence-corrected chi connectivity index (χ3v) is 3.02. The second-order valence-corrected chi connectivity index (χ2v) is 4.82. The highest BCUT2D eigenvalue weighted by atomic mass is 16.5. The summed E-state index contributed by atoms with van der Waals surface area (Å²) in [6.07, 6.45) is 6.09. The van der Waals surface area contributed by atoms with Gasteiger partial charge in [-0.3, -0.25) is 4.79 Å². The van der Waals surface area contributed by atoms with E-state index in [1.54, 1.807) is 6.92 Å². The molecule has 0 unspecified atom stereocenters. The lowest BCUT2D eigenvalue weighted by atomic mass is 10.1. The van der Waals surface area contributed by atoms with Crippen LogP contribution in [0.2, 0.25) is 0 Å². The van der Waals surface area contributed by atoms with Crippen molar-refractivity contribution in [1.29, 1.82) is 0 Å². The van der Waals surface area contributed by atoms with Gasteiger partial charge in [-0.05, 0) is 32.4 Å². The van der Waals surface area contributed by atoms with Crippen molar-refractivity contribution in [3.63, 3.8) is 0 Å². The van der Waals surface area contributed by atoms with E-state index in [1.165, 1.54) is 25.7 Å². The second-order valence-electron chi connectivity index (χ2n) is 4.82. The van der Waals surface area contributed by atoms with E-state index in [-0.39, 0.29) is 5.78 Å². The Kier molecular flexibility index (Phi) is 6.48. The molecule has 1 aromatic rings. The maximum Gasteiger partial charge on any atom is 0.163 e. The Balaban J connectivity index is 2.44. The predicted octanol–water partition coefficient (Wildman–Crippen LogP) is 4.55. The molecule has 1 rings (SSSR count). The van der Waals surface area contributed by atoms with Crippen LogP contribution >= 0.6 is 0 Å². The molecule has 0 fully saturated rings. The number of carbonyl (C=O) groups is 1. The lowest BCUT2D eigenvalue weighted by Gasteiger charge is -2.10. The fraction of sp³-hybridized carbons (Fsp3) is 0.562. The minimum atomic E-state index is 0.0692. The van der Waals surface area contributed by atoms with E-state index >= 15 is 0 Å². The van der Waals surface area contributed by atoms with Gasteiger partial charge in [0.1, 0.15) is 5.75 Å². The van der Waals surface area contributed by atoms with E-state index in [0.29, 0.717) is 12.2 Å². The molecule has 0 aliphatic rings. The van der Waals surface area contributed by atoms with E-state index in [4.69, 9.17) is 4.74 Å².